The Bertz CT molecular complexity index is 1050. The van der Waals surface area contributed by atoms with Crippen molar-refractivity contribution in [2.24, 2.45) is 0 Å². The van der Waals surface area contributed by atoms with Crippen LogP contribution in [-0.2, 0) is 0 Å². The standard InChI is InChI=1S/C20H20N4O3.C2H6/c25-20-16-8-4-3-7-15(16)19(21-22-20)14-9-10-17(18(13-14)24(26)27)23-11-5-1-2-6-12-23;1-2/h3-4,7-10,13H,1-2,5-6,11-12H2,(H,22,25);1-2H3. The monoisotopic (exact) mass is 394 g/mol. The van der Waals surface area contributed by atoms with E-state index in [0.29, 0.717) is 27.7 Å². The first-order valence-electron chi connectivity index (χ1n) is 10.2. The minimum absolute atomic E-state index is 0.0754. The van der Waals surface area contributed by atoms with Crippen molar-refractivity contribution in [3.8, 4) is 11.3 Å². The van der Waals surface area contributed by atoms with Crippen molar-refractivity contribution in [1.29, 1.82) is 0 Å². The Morgan fingerprint density at radius 1 is 1.00 bits per heavy atom. The van der Waals surface area contributed by atoms with Gasteiger partial charge in [-0.2, -0.15) is 5.10 Å². The second kappa shape index (κ2) is 9.32. The Kier molecular flexibility index (Phi) is 6.59. The van der Waals surface area contributed by atoms with Crippen molar-refractivity contribution in [3.63, 3.8) is 0 Å². The SMILES string of the molecule is CC.O=c1[nH]nc(-c2ccc(N3CCCCCC3)c([N+](=O)[O-])c2)c2ccccc12. The summed E-state index contributed by atoms with van der Waals surface area (Å²) < 4.78 is 0. The normalized spacial score (nSPS) is 14.1. The number of aromatic amines is 1. The third-order valence-electron chi connectivity index (χ3n) is 5.09. The molecule has 0 unspecified atom stereocenters. The fourth-order valence-electron chi connectivity index (χ4n) is 3.73. The molecule has 0 radical (unpaired) electrons. The zero-order chi connectivity index (χ0) is 20.8. The summed E-state index contributed by atoms with van der Waals surface area (Å²) in [6.07, 6.45) is 4.42. The molecule has 1 N–H and O–H groups in total. The maximum Gasteiger partial charge on any atom is 0.293 e. The maximum atomic E-state index is 12.0. The van der Waals surface area contributed by atoms with Gasteiger partial charge in [0, 0.05) is 30.1 Å². The smallest absolute Gasteiger partial charge is 0.293 e. The maximum absolute atomic E-state index is 12.0. The van der Waals surface area contributed by atoms with E-state index >= 15 is 0 Å². The molecule has 0 atom stereocenters. The van der Waals surface area contributed by atoms with Gasteiger partial charge in [-0.15, -0.1) is 0 Å². The van der Waals surface area contributed by atoms with E-state index in [4.69, 9.17) is 0 Å². The summed E-state index contributed by atoms with van der Waals surface area (Å²) in [4.78, 5) is 25.5. The molecule has 1 aromatic heterocycles. The number of nitrogens with zero attached hydrogens (tertiary/aromatic N) is 3. The molecule has 29 heavy (non-hydrogen) atoms. The van der Waals surface area contributed by atoms with Crippen molar-refractivity contribution >= 4 is 22.1 Å². The van der Waals surface area contributed by atoms with Gasteiger partial charge in [-0.05, 0) is 25.0 Å². The van der Waals surface area contributed by atoms with Crippen LogP contribution in [0.3, 0.4) is 0 Å². The highest BCUT2D eigenvalue weighted by molar-refractivity contribution is 5.94. The second-order valence-electron chi connectivity index (χ2n) is 6.81. The molecule has 1 fully saturated rings. The van der Waals surface area contributed by atoms with Gasteiger partial charge in [0.15, 0.2) is 0 Å². The molecule has 1 saturated heterocycles. The minimum Gasteiger partial charge on any atom is -0.366 e. The van der Waals surface area contributed by atoms with E-state index in [1.807, 2.05) is 26.0 Å². The van der Waals surface area contributed by atoms with E-state index in [0.717, 1.165) is 38.8 Å². The zero-order valence-corrected chi connectivity index (χ0v) is 16.9. The van der Waals surface area contributed by atoms with Crippen LogP contribution in [0.5, 0.6) is 0 Å². The number of benzene rings is 2. The largest absolute Gasteiger partial charge is 0.366 e. The molecule has 3 aromatic rings. The molecule has 2 heterocycles. The minimum atomic E-state index is -0.336. The quantitative estimate of drug-likeness (QED) is 0.503. The summed E-state index contributed by atoms with van der Waals surface area (Å²) in [5.74, 6) is 0. The molecular weight excluding hydrogens is 368 g/mol. The Morgan fingerprint density at radius 2 is 1.66 bits per heavy atom. The molecule has 0 aliphatic carbocycles. The van der Waals surface area contributed by atoms with Gasteiger partial charge in [-0.1, -0.05) is 51.0 Å². The summed E-state index contributed by atoms with van der Waals surface area (Å²) >= 11 is 0. The molecule has 1 aliphatic heterocycles. The van der Waals surface area contributed by atoms with Crippen molar-refractivity contribution < 1.29 is 4.92 Å². The molecule has 7 nitrogen and oxygen atoms in total. The lowest BCUT2D eigenvalue weighted by molar-refractivity contribution is -0.384. The number of anilines is 1. The fourth-order valence-corrected chi connectivity index (χ4v) is 3.73. The van der Waals surface area contributed by atoms with Crippen molar-refractivity contribution in [3.05, 3.63) is 62.9 Å². The Labute approximate surface area is 169 Å². The number of hydrogen-bond acceptors (Lipinski definition) is 5. The Balaban J connectivity index is 0.00000117. The lowest BCUT2D eigenvalue weighted by Crippen LogP contribution is -2.24. The summed E-state index contributed by atoms with van der Waals surface area (Å²) in [6.45, 7) is 5.67. The van der Waals surface area contributed by atoms with Gasteiger partial charge in [-0.3, -0.25) is 14.9 Å². The van der Waals surface area contributed by atoms with Gasteiger partial charge < -0.3 is 4.90 Å². The average molecular weight is 394 g/mol. The van der Waals surface area contributed by atoms with E-state index in [2.05, 4.69) is 15.1 Å². The van der Waals surface area contributed by atoms with Crippen LogP contribution in [0.15, 0.2) is 47.3 Å². The molecular formula is C22H26N4O3. The van der Waals surface area contributed by atoms with Crippen LogP contribution in [0.4, 0.5) is 11.4 Å². The number of fused-ring (bicyclic) bond motifs is 1. The number of H-pyrrole nitrogens is 1. The Hall–Kier alpha value is -3.22. The van der Waals surface area contributed by atoms with Gasteiger partial charge in [-0.25, -0.2) is 5.10 Å². The Morgan fingerprint density at radius 3 is 2.31 bits per heavy atom. The highest BCUT2D eigenvalue weighted by Crippen LogP contribution is 2.35. The van der Waals surface area contributed by atoms with Crippen LogP contribution in [0.25, 0.3) is 22.0 Å². The lowest BCUT2D eigenvalue weighted by atomic mass is 10.0. The third kappa shape index (κ3) is 4.29. The van der Waals surface area contributed by atoms with Gasteiger partial charge >= 0.3 is 0 Å². The van der Waals surface area contributed by atoms with Gasteiger partial charge in [0.25, 0.3) is 11.2 Å². The number of nitro benzene ring substituents is 1. The van der Waals surface area contributed by atoms with Crippen LogP contribution >= 0.6 is 0 Å². The third-order valence-corrected chi connectivity index (χ3v) is 5.09. The second-order valence-corrected chi connectivity index (χ2v) is 6.81. The predicted octanol–water partition coefficient (Wildman–Crippen LogP) is 4.90. The molecule has 7 heteroatoms. The molecule has 4 rings (SSSR count). The summed E-state index contributed by atoms with van der Waals surface area (Å²) in [5, 5.41) is 19.6. The number of hydrogen-bond donors (Lipinski definition) is 1. The predicted molar refractivity (Wildman–Crippen MR) is 116 cm³/mol. The zero-order valence-electron chi connectivity index (χ0n) is 16.9. The highest BCUT2D eigenvalue weighted by Gasteiger charge is 2.22. The van der Waals surface area contributed by atoms with Gasteiger partial charge in [0.05, 0.1) is 16.0 Å². The lowest BCUT2D eigenvalue weighted by Gasteiger charge is -2.22. The molecule has 152 valence electrons. The summed E-state index contributed by atoms with van der Waals surface area (Å²) in [6, 6.07) is 12.4. The van der Waals surface area contributed by atoms with Crippen LogP contribution in [-0.4, -0.2) is 28.2 Å². The first-order valence-corrected chi connectivity index (χ1v) is 10.2. The first-order chi connectivity index (χ1) is 14.1. The van der Waals surface area contributed by atoms with Crippen LogP contribution in [0, 0.1) is 10.1 Å². The highest BCUT2D eigenvalue weighted by atomic mass is 16.6. The van der Waals surface area contributed by atoms with E-state index in [1.54, 1.807) is 30.3 Å². The van der Waals surface area contributed by atoms with Gasteiger partial charge in [0.1, 0.15) is 5.69 Å². The van der Waals surface area contributed by atoms with Crippen LogP contribution < -0.4 is 10.5 Å². The topological polar surface area (TPSA) is 92.1 Å². The number of aromatic nitrogens is 2. The average Bonchev–Trinajstić information content (AvgIpc) is 3.05. The molecule has 1 aliphatic rings. The molecule has 0 spiro atoms. The van der Waals surface area contributed by atoms with Crippen molar-refractivity contribution in [1.82, 2.24) is 10.2 Å². The van der Waals surface area contributed by atoms with E-state index in [9.17, 15) is 14.9 Å². The summed E-state index contributed by atoms with van der Waals surface area (Å²) in [5.41, 5.74) is 1.61. The first kappa shape index (κ1) is 20.5. The number of rotatable bonds is 3. The van der Waals surface area contributed by atoms with Crippen molar-refractivity contribution in [2.45, 2.75) is 39.5 Å². The molecule has 0 amide bonds. The van der Waals surface area contributed by atoms with E-state index in [1.165, 1.54) is 0 Å². The molecule has 2 aromatic carbocycles. The number of nitro groups is 1. The van der Waals surface area contributed by atoms with Crippen LogP contribution in [0.2, 0.25) is 0 Å². The van der Waals surface area contributed by atoms with Crippen molar-refractivity contribution in [2.75, 3.05) is 18.0 Å². The van der Waals surface area contributed by atoms with Crippen LogP contribution in [0.1, 0.15) is 39.5 Å². The van der Waals surface area contributed by atoms with Gasteiger partial charge in [0.2, 0.25) is 0 Å². The van der Waals surface area contributed by atoms with E-state index in [-0.39, 0.29) is 16.2 Å². The number of nitrogens with one attached hydrogen (secondary N) is 1. The summed E-state index contributed by atoms with van der Waals surface area (Å²) in [7, 11) is 0. The van der Waals surface area contributed by atoms with E-state index < -0.39 is 0 Å². The molecule has 0 bridgehead atoms. The molecule has 0 saturated carbocycles. The fraction of sp³-hybridized carbons (Fsp3) is 0.364.